The Balaban J connectivity index is 2.21. The van der Waals surface area contributed by atoms with Crippen LogP contribution in [0.5, 0.6) is 0 Å². The summed E-state index contributed by atoms with van der Waals surface area (Å²) in [5, 5.41) is 0. The number of aromatic nitrogens is 1. The van der Waals surface area contributed by atoms with Crippen LogP contribution in [0.25, 0.3) is 11.3 Å². The number of esters is 1. The monoisotopic (exact) mass is 331 g/mol. The summed E-state index contributed by atoms with van der Waals surface area (Å²) >= 11 is 3.32. The van der Waals surface area contributed by atoms with Crippen molar-refractivity contribution in [2.75, 3.05) is 7.11 Å². The van der Waals surface area contributed by atoms with E-state index in [0.717, 1.165) is 28.7 Å². The van der Waals surface area contributed by atoms with Gasteiger partial charge in [0.05, 0.1) is 18.4 Å². The summed E-state index contributed by atoms with van der Waals surface area (Å²) in [4.78, 5) is 27.2. The van der Waals surface area contributed by atoms with Gasteiger partial charge in [-0.3, -0.25) is 4.79 Å². The van der Waals surface area contributed by atoms with Crippen molar-refractivity contribution in [3.8, 4) is 11.3 Å². The predicted molar refractivity (Wildman–Crippen MR) is 76.9 cm³/mol. The molecule has 4 nitrogen and oxygen atoms in total. The van der Waals surface area contributed by atoms with Gasteiger partial charge in [-0.2, -0.15) is 0 Å². The summed E-state index contributed by atoms with van der Waals surface area (Å²) in [6.45, 7) is 0. The number of carbonyl (C=O) groups excluding carboxylic acids is 2. The van der Waals surface area contributed by atoms with E-state index in [1.807, 2.05) is 12.1 Å². The van der Waals surface area contributed by atoms with Crippen LogP contribution in [0.4, 0.5) is 0 Å². The average molecular weight is 332 g/mol. The van der Waals surface area contributed by atoms with E-state index >= 15 is 0 Å². The number of carbonyl (C=O) groups is 2. The van der Waals surface area contributed by atoms with Crippen LogP contribution in [-0.4, -0.2) is 24.3 Å². The van der Waals surface area contributed by atoms with Gasteiger partial charge in [0.2, 0.25) is 0 Å². The molecule has 1 aliphatic rings. The first kappa shape index (κ1) is 13.0. The number of ether oxygens (including phenoxy) is 1. The molecule has 0 atom stereocenters. The van der Waals surface area contributed by atoms with E-state index in [2.05, 4.69) is 20.9 Å². The minimum absolute atomic E-state index is 0.382. The number of halogens is 1. The van der Waals surface area contributed by atoms with Gasteiger partial charge in [-0.25, -0.2) is 9.78 Å². The van der Waals surface area contributed by atoms with E-state index < -0.39 is 0 Å². The molecule has 0 saturated heterocycles. The highest BCUT2D eigenvalue weighted by molar-refractivity contribution is 9.10. The number of fused-ring (bicyclic) bond motifs is 3. The smallest absolute Gasteiger partial charge is 0.338 e. The first-order valence-corrected chi connectivity index (χ1v) is 6.79. The van der Waals surface area contributed by atoms with Crippen LogP contribution >= 0.6 is 15.9 Å². The summed E-state index contributed by atoms with van der Waals surface area (Å²) in [6, 6.07) is 7.11. The highest BCUT2D eigenvalue weighted by Crippen LogP contribution is 2.38. The molecule has 0 bridgehead atoms. The molecule has 3 rings (SSSR count). The minimum Gasteiger partial charge on any atom is -0.465 e. The second-order valence-electron chi connectivity index (χ2n) is 4.52. The lowest BCUT2D eigenvalue weighted by Crippen LogP contribution is -2.06. The predicted octanol–water partition coefficient (Wildman–Crippen LogP) is 3.01. The van der Waals surface area contributed by atoms with E-state index in [-0.39, 0.29) is 5.97 Å². The Hall–Kier alpha value is -2.01. The number of aldehydes is 1. The number of nitrogens with zero attached hydrogens (tertiary/aromatic N) is 1. The molecule has 0 unspecified atom stereocenters. The quantitative estimate of drug-likeness (QED) is 0.411. The Morgan fingerprint density at radius 3 is 2.90 bits per heavy atom. The third kappa shape index (κ3) is 1.94. The molecule has 0 aliphatic heterocycles. The molecule has 0 saturated carbocycles. The zero-order valence-corrected chi connectivity index (χ0v) is 12.2. The first-order chi connectivity index (χ1) is 9.63. The van der Waals surface area contributed by atoms with Crippen LogP contribution in [-0.2, 0) is 11.2 Å². The summed E-state index contributed by atoms with van der Waals surface area (Å²) in [6.07, 6.45) is 1.39. The standard InChI is InChI=1S/C15H10BrNO3/c1-20-15(19)12-6-13(16)17-14-10-3-2-8(7-18)4-9(10)5-11(12)14/h2-4,6-7H,5H2,1H3. The summed E-state index contributed by atoms with van der Waals surface area (Å²) < 4.78 is 5.40. The van der Waals surface area contributed by atoms with Gasteiger partial charge in [0.15, 0.2) is 0 Å². The van der Waals surface area contributed by atoms with Crippen LogP contribution in [0.15, 0.2) is 28.9 Å². The largest absolute Gasteiger partial charge is 0.465 e. The number of hydrogen-bond acceptors (Lipinski definition) is 4. The lowest BCUT2D eigenvalue weighted by molar-refractivity contribution is 0.0599. The average Bonchev–Trinajstić information content (AvgIpc) is 2.83. The van der Waals surface area contributed by atoms with Crippen molar-refractivity contribution in [1.82, 2.24) is 4.98 Å². The van der Waals surface area contributed by atoms with E-state index in [1.165, 1.54) is 7.11 Å². The SMILES string of the molecule is COC(=O)c1cc(Br)nc2c1Cc1cc(C=O)ccc1-2. The van der Waals surface area contributed by atoms with Crippen LogP contribution < -0.4 is 0 Å². The highest BCUT2D eigenvalue weighted by atomic mass is 79.9. The van der Waals surface area contributed by atoms with E-state index in [1.54, 1.807) is 12.1 Å². The third-order valence-electron chi connectivity index (χ3n) is 3.39. The van der Waals surface area contributed by atoms with Gasteiger partial charge in [0.1, 0.15) is 10.9 Å². The van der Waals surface area contributed by atoms with Gasteiger partial charge >= 0.3 is 5.97 Å². The first-order valence-electron chi connectivity index (χ1n) is 6.00. The molecular weight excluding hydrogens is 322 g/mol. The molecule has 1 aromatic heterocycles. The van der Waals surface area contributed by atoms with Crippen molar-refractivity contribution in [3.63, 3.8) is 0 Å². The molecule has 1 heterocycles. The van der Waals surface area contributed by atoms with Gasteiger partial charge < -0.3 is 4.74 Å². The number of rotatable bonds is 2. The van der Waals surface area contributed by atoms with Crippen molar-refractivity contribution in [2.45, 2.75) is 6.42 Å². The van der Waals surface area contributed by atoms with Crippen molar-refractivity contribution in [1.29, 1.82) is 0 Å². The van der Waals surface area contributed by atoms with Gasteiger partial charge in [0.25, 0.3) is 0 Å². The molecule has 100 valence electrons. The van der Waals surface area contributed by atoms with E-state index in [4.69, 9.17) is 4.74 Å². The molecule has 0 N–H and O–H groups in total. The Kier molecular flexibility index (Phi) is 3.14. The van der Waals surface area contributed by atoms with Gasteiger partial charge in [-0.1, -0.05) is 12.1 Å². The summed E-state index contributed by atoms with van der Waals surface area (Å²) in [5.41, 5.74) is 4.70. The van der Waals surface area contributed by atoms with Crippen LogP contribution in [0, 0.1) is 0 Å². The maximum atomic E-state index is 11.9. The number of hydrogen-bond donors (Lipinski definition) is 0. The molecule has 2 aromatic rings. The minimum atomic E-state index is -0.382. The lowest BCUT2D eigenvalue weighted by atomic mass is 10.1. The topological polar surface area (TPSA) is 56.3 Å². The van der Waals surface area contributed by atoms with Gasteiger partial charge in [-0.15, -0.1) is 0 Å². The molecule has 0 fully saturated rings. The summed E-state index contributed by atoms with van der Waals surface area (Å²) in [7, 11) is 1.36. The Bertz CT molecular complexity index is 740. The Morgan fingerprint density at radius 2 is 2.20 bits per heavy atom. The fraction of sp³-hybridized carbons (Fsp3) is 0.133. The van der Waals surface area contributed by atoms with E-state index in [0.29, 0.717) is 22.2 Å². The zero-order chi connectivity index (χ0) is 14.3. The normalized spacial score (nSPS) is 11.7. The van der Waals surface area contributed by atoms with Crippen LogP contribution in [0.1, 0.15) is 31.8 Å². The lowest BCUT2D eigenvalue weighted by Gasteiger charge is -2.06. The molecule has 1 aromatic carbocycles. The van der Waals surface area contributed by atoms with E-state index in [9.17, 15) is 9.59 Å². The maximum absolute atomic E-state index is 11.9. The zero-order valence-electron chi connectivity index (χ0n) is 10.6. The molecule has 1 aliphatic carbocycles. The molecule has 0 spiro atoms. The summed E-state index contributed by atoms with van der Waals surface area (Å²) in [5.74, 6) is -0.382. The van der Waals surface area contributed by atoms with Crippen molar-refractivity contribution >= 4 is 28.2 Å². The van der Waals surface area contributed by atoms with Gasteiger partial charge in [-0.05, 0) is 39.2 Å². The van der Waals surface area contributed by atoms with Crippen molar-refractivity contribution < 1.29 is 14.3 Å². The van der Waals surface area contributed by atoms with Crippen molar-refractivity contribution in [3.05, 3.63) is 51.1 Å². The molecular formula is C15H10BrNO3. The molecule has 5 heteroatoms. The second kappa shape index (κ2) is 4.83. The number of benzene rings is 1. The third-order valence-corrected chi connectivity index (χ3v) is 3.79. The fourth-order valence-corrected chi connectivity index (χ4v) is 2.90. The van der Waals surface area contributed by atoms with Crippen LogP contribution in [0.3, 0.4) is 0 Å². The van der Waals surface area contributed by atoms with Gasteiger partial charge in [0, 0.05) is 17.5 Å². The maximum Gasteiger partial charge on any atom is 0.338 e. The Labute approximate surface area is 123 Å². The number of methoxy groups -OCH3 is 1. The molecule has 0 radical (unpaired) electrons. The molecule has 0 amide bonds. The Morgan fingerprint density at radius 1 is 1.40 bits per heavy atom. The highest BCUT2D eigenvalue weighted by Gasteiger charge is 2.26. The molecule has 20 heavy (non-hydrogen) atoms. The second-order valence-corrected chi connectivity index (χ2v) is 5.33. The number of pyridine rings is 1. The van der Waals surface area contributed by atoms with Crippen LogP contribution in [0.2, 0.25) is 0 Å². The fourth-order valence-electron chi connectivity index (χ4n) is 2.49. The van der Waals surface area contributed by atoms with Crippen molar-refractivity contribution in [2.24, 2.45) is 0 Å².